The summed E-state index contributed by atoms with van der Waals surface area (Å²) in [4.78, 5) is 8.48. The molecule has 0 saturated heterocycles. The molecule has 0 bridgehead atoms. The lowest BCUT2D eigenvalue weighted by Crippen LogP contribution is -1.98. The Hall–Kier alpha value is -1.37. The van der Waals surface area contributed by atoms with E-state index >= 15 is 0 Å². The molecule has 0 aliphatic carbocycles. The summed E-state index contributed by atoms with van der Waals surface area (Å²) in [6.07, 6.45) is 0. The smallest absolute Gasteiger partial charge is 0.168 e. The third-order valence-electron chi connectivity index (χ3n) is 2.59. The molecule has 19 heavy (non-hydrogen) atoms. The van der Waals surface area contributed by atoms with Gasteiger partial charge in [-0.25, -0.2) is 14.4 Å². The largest absolute Gasteiger partial charge is 0.276 e. The molecule has 96 valence electrons. The summed E-state index contributed by atoms with van der Waals surface area (Å²) in [6.45, 7) is 1.76. The molecule has 2 heterocycles. The molecule has 0 atom stereocenters. The van der Waals surface area contributed by atoms with Crippen molar-refractivity contribution in [1.82, 2.24) is 14.5 Å². The molecule has 0 spiro atoms. The van der Waals surface area contributed by atoms with Crippen LogP contribution in [0.5, 0.6) is 0 Å². The third-order valence-corrected chi connectivity index (χ3v) is 4.34. The second-order valence-corrected chi connectivity index (χ2v) is 5.90. The van der Waals surface area contributed by atoms with Crippen LogP contribution in [0.3, 0.4) is 0 Å². The lowest BCUT2D eigenvalue weighted by Gasteiger charge is -2.04. The standard InChI is InChI=1S/C12H7ClFN3S2/c1-6-15-10(13)9-11(16-6)17(12(18)19-9)8-4-2-7(14)3-5-8/h2-5H,1H3. The van der Waals surface area contributed by atoms with Crippen LogP contribution < -0.4 is 0 Å². The molecule has 3 rings (SSSR count). The van der Waals surface area contributed by atoms with Crippen LogP contribution in [0.15, 0.2) is 24.3 Å². The third kappa shape index (κ3) is 2.16. The molecular weight excluding hydrogens is 305 g/mol. The van der Waals surface area contributed by atoms with E-state index in [-0.39, 0.29) is 5.82 Å². The first kappa shape index (κ1) is 12.7. The number of thiazole rings is 1. The first-order valence-corrected chi connectivity index (χ1v) is 6.98. The van der Waals surface area contributed by atoms with Gasteiger partial charge >= 0.3 is 0 Å². The van der Waals surface area contributed by atoms with Crippen LogP contribution in [0.25, 0.3) is 16.0 Å². The molecular formula is C12H7ClFN3S2. The van der Waals surface area contributed by atoms with E-state index in [9.17, 15) is 4.39 Å². The van der Waals surface area contributed by atoms with Gasteiger partial charge in [0.25, 0.3) is 0 Å². The number of aryl methyl sites for hydroxylation is 1. The quantitative estimate of drug-likeness (QED) is 0.495. The molecule has 0 aliphatic rings. The van der Waals surface area contributed by atoms with E-state index in [1.54, 1.807) is 23.6 Å². The SMILES string of the molecule is Cc1nc(Cl)c2sc(=S)n(-c3ccc(F)cc3)c2n1. The van der Waals surface area contributed by atoms with Crippen LogP contribution in [0.2, 0.25) is 5.15 Å². The number of nitrogens with zero attached hydrogens (tertiary/aromatic N) is 3. The van der Waals surface area contributed by atoms with E-state index in [1.165, 1.54) is 23.5 Å². The first-order valence-electron chi connectivity index (χ1n) is 5.38. The Labute approximate surface area is 122 Å². The topological polar surface area (TPSA) is 30.7 Å². The summed E-state index contributed by atoms with van der Waals surface area (Å²) in [7, 11) is 0. The number of benzene rings is 1. The summed E-state index contributed by atoms with van der Waals surface area (Å²) in [5, 5.41) is 0.388. The van der Waals surface area contributed by atoms with Crippen molar-refractivity contribution in [3.05, 3.63) is 45.0 Å². The van der Waals surface area contributed by atoms with E-state index < -0.39 is 0 Å². The first-order chi connectivity index (χ1) is 9.06. The lowest BCUT2D eigenvalue weighted by molar-refractivity contribution is 0.627. The van der Waals surface area contributed by atoms with Crippen LogP contribution in [-0.4, -0.2) is 14.5 Å². The number of rotatable bonds is 1. The van der Waals surface area contributed by atoms with Gasteiger partial charge in [0.2, 0.25) is 0 Å². The predicted molar refractivity (Wildman–Crippen MR) is 77.3 cm³/mol. The highest BCUT2D eigenvalue weighted by Gasteiger charge is 2.13. The number of hydrogen-bond donors (Lipinski definition) is 0. The van der Waals surface area contributed by atoms with Gasteiger partial charge in [-0.1, -0.05) is 22.9 Å². The van der Waals surface area contributed by atoms with Crippen molar-refractivity contribution in [2.45, 2.75) is 6.92 Å². The van der Waals surface area contributed by atoms with E-state index in [0.29, 0.717) is 20.6 Å². The van der Waals surface area contributed by atoms with Crippen molar-refractivity contribution in [2.75, 3.05) is 0 Å². The number of aromatic nitrogens is 3. The molecule has 0 N–H and O–H groups in total. The van der Waals surface area contributed by atoms with Crippen LogP contribution in [-0.2, 0) is 0 Å². The lowest BCUT2D eigenvalue weighted by atomic mass is 10.3. The van der Waals surface area contributed by atoms with Crippen molar-refractivity contribution in [3.63, 3.8) is 0 Å². The minimum atomic E-state index is -0.293. The summed E-state index contributed by atoms with van der Waals surface area (Å²) in [5.41, 5.74) is 1.41. The molecule has 0 saturated carbocycles. The molecule has 3 aromatic rings. The Morgan fingerprint density at radius 2 is 1.95 bits per heavy atom. The summed E-state index contributed by atoms with van der Waals surface area (Å²) < 4.78 is 16.1. The zero-order valence-electron chi connectivity index (χ0n) is 9.72. The van der Waals surface area contributed by atoms with Gasteiger partial charge in [0.15, 0.2) is 14.8 Å². The average molecular weight is 312 g/mol. The van der Waals surface area contributed by atoms with Crippen molar-refractivity contribution in [1.29, 1.82) is 0 Å². The monoisotopic (exact) mass is 311 g/mol. The minimum Gasteiger partial charge on any atom is -0.276 e. The summed E-state index contributed by atoms with van der Waals surface area (Å²) >= 11 is 12.8. The Morgan fingerprint density at radius 3 is 2.63 bits per heavy atom. The summed E-state index contributed by atoms with van der Waals surface area (Å²) in [6, 6.07) is 6.08. The van der Waals surface area contributed by atoms with Gasteiger partial charge in [-0.2, -0.15) is 0 Å². The van der Waals surface area contributed by atoms with Crippen molar-refractivity contribution in [2.24, 2.45) is 0 Å². The van der Waals surface area contributed by atoms with Crippen LogP contribution in [0.4, 0.5) is 4.39 Å². The zero-order chi connectivity index (χ0) is 13.6. The molecule has 3 nitrogen and oxygen atoms in total. The average Bonchev–Trinajstić information content (AvgIpc) is 2.67. The van der Waals surface area contributed by atoms with E-state index in [2.05, 4.69) is 9.97 Å². The van der Waals surface area contributed by atoms with Crippen molar-refractivity contribution < 1.29 is 4.39 Å². The van der Waals surface area contributed by atoms with Gasteiger partial charge in [-0.05, 0) is 43.4 Å². The molecule has 0 unspecified atom stereocenters. The Kier molecular flexibility index (Phi) is 3.08. The van der Waals surface area contributed by atoms with Crippen LogP contribution >= 0.6 is 35.2 Å². The van der Waals surface area contributed by atoms with Gasteiger partial charge in [-0.15, -0.1) is 0 Å². The predicted octanol–water partition coefficient (Wildman–Crippen LogP) is 4.31. The highest BCUT2D eigenvalue weighted by molar-refractivity contribution is 7.73. The second kappa shape index (κ2) is 4.63. The summed E-state index contributed by atoms with van der Waals surface area (Å²) in [5.74, 6) is 0.278. The fourth-order valence-electron chi connectivity index (χ4n) is 1.79. The normalized spacial score (nSPS) is 11.1. The maximum atomic E-state index is 13.0. The van der Waals surface area contributed by atoms with Gasteiger partial charge < -0.3 is 0 Å². The molecule has 0 radical (unpaired) electrons. The van der Waals surface area contributed by atoms with Crippen LogP contribution in [0, 0.1) is 16.7 Å². The fourth-order valence-corrected chi connectivity index (χ4v) is 3.37. The molecule has 7 heteroatoms. The Balaban J connectivity index is 2.38. The van der Waals surface area contributed by atoms with Gasteiger partial charge in [-0.3, -0.25) is 4.57 Å². The van der Waals surface area contributed by atoms with E-state index in [1.807, 2.05) is 0 Å². The fraction of sp³-hybridized carbons (Fsp3) is 0.0833. The highest BCUT2D eigenvalue weighted by atomic mass is 35.5. The zero-order valence-corrected chi connectivity index (χ0v) is 12.1. The second-order valence-electron chi connectivity index (χ2n) is 3.89. The molecule has 0 amide bonds. The molecule has 0 aliphatic heterocycles. The van der Waals surface area contributed by atoms with Gasteiger partial charge in [0, 0.05) is 5.69 Å². The van der Waals surface area contributed by atoms with E-state index in [4.69, 9.17) is 23.8 Å². The van der Waals surface area contributed by atoms with Crippen LogP contribution in [0.1, 0.15) is 5.82 Å². The molecule has 2 aromatic heterocycles. The van der Waals surface area contributed by atoms with Crippen molar-refractivity contribution in [3.8, 4) is 5.69 Å². The number of halogens is 2. The maximum absolute atomic E-state index is 13.0. The minimum absolute atomic E-state index is 0.293. The Morgan fingerprint density at radius 1 is 1.26 bits per heavy atom. The maximum Gasteiger partial charge on any atom is 0.168 e. The van der Waals surface area contributed by atoms with Crippen molar-refractivity contribution >= 4 is 45.5 Å². The molecule has 0 fully saturated rings. The number of fused-ring (bicyclic) bond motifs is 1. The van der Waals surface area contributed by atoms with Gasteiger partial charge in [0.1, 0.15) is 16.3 Å². The number of hydrogen-bond acceptors (Lipinski definition) is 4. The molecule has 1 aromatic carbocycles. The Bertz CT molecular complexity index is 823. The highest BCUT2D eigenvalue weighted by Crippen LogP contribution is 2.30. The van der Waals surface area contributed by atoms with E-state index in [0.717, 1.165) is 10.4 Å². The van der Waals surface area contributed by atoms with Gasteiger partial charge in [0.05, 0.1) is 0 Å².